The molecule has 0 amide bonds. The van der Waals surface area contributed by atoms with Gasteiger partial charge in [-0.3, -0.25) is 4.90 Å². The number of hydrogen-bond acceptors (Lipinski definition) is 5. The van der Waals surface area contributed by atoms with Crippen molar-refractivity contribution < 1.29 is 0 Å². The quantitative estimate of drug-likeness (QED) is 0.852. The zero-order valence-electron chi connectivity index (χ0n) is 11.3. The van der Waals surface area contributed by atoms with Gasteiger partial charge in [0, 0.05) is 50.7 Å². The monoisotopic (exact) mass is 249 g/mol. The lowest BCUT2D eigenvalue weighted by atomic mass is 9.99. The molecule has 0 bridgehead atoms. The summed E-state index contributed by atoms with van der Waals surface area (Å²) in [6.07, 6.45) is 4.60. The first-order valence-electron chi connectivity index (χ1n) is 6.64. The first-order chi connectivity index (χ1) is 8.61. The van der Waals surface area contributed by atoms with E-state index in [0.29, 0.717) is 0 Å². The van der Waals surface area contributed by atoms with Crippen molar-refractivity contribution in [3.8, 4) is 0 Å². The standard InChI is InChI=1S/C13H23N5/c1-3-13(2,14)11-17-7-9-18(10-8-17)12-15-5-4-6-16-12/h4-6H,3,7-11,14H2,1-2H3. The van der Waals surface area contributed by atoms with E-state index in [4.69, 9.17) is 5.73 Å². The fraction of sp³-hybridized carbons (Fsp3) is 0.692. The minimum Gasteiger partial charge on any atom is -0.338 e. The van der Waals surface area contributed by atoms with Gasteiger partial charge in [0.2, 0.25) is 5.95 Å². The Bertz CT molecular complexity index is 357. The van der Waals surface area contributed by atoms with Gasteiger partial charge in [-0.2, -0.15) is 0 Å². The molecule has 1 atom stereocenters. The maximum atomic E-state index is 6.21. The van der Waals surface area contributed by atoms with Crippen LogP contribution in [0.2, 0.25) is 0 Å². The zero-order valence-corrected chi connectivity index (χ0v) is 11.3. The molecule has 0 aromatic carbocycles. The van der Waals surface area contributed by atoms with Crippen LogP contribution in [0.1, 0.15) is 20.3 Å². The van der Waals surface area contributed by atoms with Crippen molar-refractivity contribution in [3.63, 3.8) is 0 Å². The number of anilines is 1. The average molecular weight is 249 g/mol. The van der Waals surface area contributed by atoms with Crippen LogP contribution in [-0.4, -0.2) is 53.1 Å². The van der Waals surface area contributed by atoms with Gasteiger partial charge in [-0.25, -0.2) is 9.97 Å². The molecule has 2 rings (SSSR count). The van der Waals surface area contributed by atoms with Crippen molar-refractivity contribution in [2.45, 2.75) is 25.8 Å². The van der Waals surface area contributed by atoms with E-state index in [9.17, 15) is 0 Å². The van der Waals surface area contributed by atoms with E-state index in [-0.39, 0.29) is 5.54 Å². The summed E-state index contributed by atoms with van der Waals surface area (Å²) in [4.78, 5) is 13.2. The van der Waals surface area contributed by atoms with Crippen molar-refractivity contribution in [3.05, 3.63) is 18.5 Å². The van der Waals surface area contributed by atoms with E-state index in [1.165, 1.54) is 0 Å². The summed E-state index contributed by atoms with van der Waals surface area (Å²) in [5.41, 5.74) is 6.13. The predicted molar refractivity (Wildman–Crippen MR) is 73.6 cm³/mol. The largest absolute Gasteiger partial charge is 0.338 e. The van der Waals surface area contributed by atoms with Crippen molar-refractivity contribution in [1.82, 2.24) is 14.9 Å². The van der Waals surface area contributed by atoms with E-state index >= 15 is 0 Å². The highest BCUT2D eigenvalue weighted by molar-refractivity contribution is 5.29. The molecular formula is C13H23N5. The number of hydrogen-bond donors (Lipinski definition) is 1. The Kier molecular flexibility index (Phi) is 4.14. The van der Waals surface area contributed by atoms with Crippen molar-refractivity contribution in [2.24, 2.45) is 5.73 Å². The van der Waals surface area contributed by atoms with Crippen LogP contribution in [0, 0.1) is 0 Å². The molecule has 1 aromatic heterocycles. The molecule has 5 nitrogen and oxygen atoms in total. The van der Waals surface area contributed by atoms with E-state index in [2.05, 4.69) is 33.6 Å². The Hall–Kier alpha value is -1.20. The van der Waals surface area contributed by atoms with Gasteiger partial charge in [-0.1, -0.05) is 6.92 Å². The number of piperazine rings is 1. The topological polar surface area (TPSA) is 58.3 Å². The second-order valence-corrected chi connectivity index (χ2v) is 5.32. The van der Waals surface area contributed by atoms with Gasteiger partial charge in [0.25, 0.3) is 0 Å². The fourth-order valence-electron chi connectivity index (χ4n) is 2.18. The molecule has 5 heteroatoms. The summed E-state index contributed by atoms with van der Waals surface area (Å²) < 4.78 is 0. The van der Waals surface area contributed by atoms with Crippen LogP contribution in [0.4, 0.5) is 5.95 Å². The van der Waals surface area contributed by atoms with Crippen LogP contribution < -0.4 is 10.6 Å². The molecule has 0 spiro atoms. The normalized spacial score (nSPS) is 20.7. The van der Waals surface area contributed by atoms with Crippen molar-refractivity contribution >= 4 is 5.95 Å². The summed E-state index contributed by atoms with van der Waals surface area (Å²) in [7, 11) is 0. The Labute approximate surface area is 109 Å². The highest BCUT2D eigenvalue weighted by atomic mass is 15.3. The first kappa shape index (κ1) is 13.2. The molecule has 1 aliphatic heterocycles. The Morgan fingerprint density at radius 3 is 2.39 bits per heavy atom. The molecule has 100 valence electrons. The predicted octanol–water partition coefficient (Wildman–Crippen LogP) is 0.726. The van der Waals surface area contributed by atoms with E-state index in [0.717, 1.165) is 45.1 Å². The number of rotatable bonds is 4. The minimum atomic E-state index is -0.0780. The van der Waals surface area contributed by atoms with E-state index in [1.54, 1.807) is 12.4 Å². The molecule has 1 saturated heterocycles. The second-order valence-electron chi connectivity index (χ2n) is 5.32. The Morgan fingerprint density at radius 2 is 1.83 bits per heavy atom. The number of nitrogens with two attached hydrogens (primary N) is 1. The van der Waals surface area contributed by atoms with Gasteiger partial charge >= 0.3 is 0 Å². The molecule has 0 aliphatic carbocycles. The van der Waals surface area contributed by atoms with Crippen LogP contribution in [0.3, 0.4) is 0 Å². The lowest BCUT2D eigenvalue weighted by Gasteiger charge is -2.38. The maximum absolute atomic E-state index is 6.21. The molecule has 1 fully saturated rings. The third kappa shape index (κ3) is 3.40. The number of aromatic nitrogens is 2. The first-order valence-corrected chi connectivity index (χ1v) is 6.64. The van der Waals surface area contributed by atoms with Gasteiger partial charge in [-0.05, 0) is 19.4 Å². The molecule has 2 N–H and O–H groups in total. The van der Waals surface area contributed by atoms with Gasteiger partial charge in [-0.15, -0.1) is 0 Å². The van der Waals surface area contributed by atoms with Crippen LogP contribution in [-0.2, 0) is 0 Å². The van der Waals surface area contributed by atoms with Gasteiger partial charge in [0.15, 0.2) is 0 Å². The lowest BCUT2D eigenvalue weighted by molar-refractivity contribution is 0.202. The highest BCUT2D eigenvalue weighted by Gasteiger charge is 2.24. The molecule has 1 unspecified atom stereocenters. The van der Waals surface area contributed by atoms with Gasteiger partial charge in [0.1, 0.15) is 0 Å². The minimum absolute atomic E-state index is 0.0780. The van der Waals surface area contributed by atoms with E-state index in [1.807, 2.05) is 6.07 Å². The summed E-state index contributed by atoms with van der Waals surface area (Å²) in [5.74, 6) is 0.836. The summed E-state index contributed by atoms with van der Waals surface area (Å²) in [6, 6.07) is 1.85. The molecule has 1 aromatic rings. The molecule has 0 radical (unpaired) electrons. The molecule has 0 saturated carbocycles. The van der Waals surface area contributed by atoms with Crippen LogP contribution >= 0.6 is 0 Å². The Balaban J connectivity index is 1.85. The maximum Gasteiger partial charge on any atom is 0.225 e. The van der Waals surface area contributed by atoms with Gasteiger partial charge in [0.05, 0.1) is 0 Å². The second kappa shape index (κ2) is 5.63. The van der Waals surface area contributed by atoms with Gasteiger partial charge < -0.3 is 10.6 Å². The highest BCUT2D eigenvalue weighted by Crippen LogP contribution is 2.13. The lowest BCUT2D eigenvalue weighted by Crippen LogP contribution is -2.54. The average Bonchev–Trinajstić information content (AvgIpc) is 2.40. The van der Waals surface area contributed by atoms with Crippen LogP contribution in [0.5, 0.6) is 0 Å². The fourth-order valence-corrected chi connectivity index (χ4v) is 2.18. The summed E-state index contributed by atoms with van der Waals surface area (Å²) in [5, 5.41) is 0. The van der Waals surface area contributed by atoms with Crippen LogP contribution in [0.25, 0.3) is 0 Å². The Morgan fingerprint density at radius 1 is 1.22 bits per heavy atom. The summed E-state index contributed by atoms with van der Waals surface area (Å²) in [6.45, 7) is 9.25. The van der Waals surface area contributed by atoms with Crippen LogP contribution in [0.15, 0.2) is 18.5 Å². The van der Waals surface area contributed by atoms with Crippen molar-refractivity contribution in [2.75, 3.05) is 37.6 Å². The number of nitrogens with zero attached hydrogens (tertiary/aromatic N) is 4. The third-order valence-corrected chi connectivity index (χ3v) is 3.60. The smallest absolute Gasteiger partial charge is 0.225 e. The molecule has 1 aliphatic rings. The zero-order chi connectivity index (χ0) is 13.0. The van der Waals surface area contributed by atoms with E-state index < -0.39 is 0 Å². The molecule has 2 heterocycles. The molecular weight excluding hydrogens is 226 g/mol. The SMILES string of the molecule is CCC(C)(N)CN1CCN(c2ncccn2)CC1. The van der Waals surface area contributed by atoms with Crippen molar-refractivity contribution in [1.29, 1.82) is 0 Å². The third-order valence-electron chi connectivity index (χ3n) is 3.60. The summed E-state index contributed by atoms with van der Waals surface area (Å²) >= 11 is 0. The molecule has 18 heavy (non-hydrogen) atoms.